The zero-order chi connectivity index (χ0) is 32.2. The molecule has 1 saturated heterocycles. The Morgan fingerprint density at radius 1 is 0.884 bits per heavy atom. The molecule has 16 heteroatoms. The molecule has 1 atom stereocenters. The van der Waals surface area contributed by atoms with E-state index in [9.17, 15) is 58.5 Å². The van der Waals surface area contributed by atoms with Gasteiger partial charge < -0.3 is 15.1 Å². The zero-order valence-electron chi connectivity index (χ0n) is 22.1. The Hall–Kier alpha value is -2.85. The van der Waals surface area contributed by atoms with E-state index in [4.69, 9.17) is 0 Å². The lowest BCUT2D eigenvalue weighted by atomic mass is 9.81. The van der Waals surface area contributed by atoms with Crippen LogP contribution in [0.2, 0.25) is 0 Å². The Kier molecular flexibility index (Phi) is 8.65. The van der Waals surface area contributed by atoms with Crippen LogP contribution in [0.4, 0.5) is 39.5 Å². The molecule has 1 aliphatic carbocycles. The molecule has 0 bridgehead atoms. The number of hydrogen-bond donors (Lipinski definition) is 2. The summed E-state index contributed by atoms with van der Waals surface area (Å²) in [6.45, 7) is -0.949. The van der Waals surface area contributed by atoms with Gasteiger partial charge in [0.05, 0.1) is 4.90 Å². The number of carbonyl (C=O) groups is 1. The summed E-state index contributed by atoms with van der Waals surface area (Å²) >= 11 is 0. The van der Waals surface area contributed by atoms with Crippen LogP contribution < -0.4 is 0 Å². The van der Waals surface area contributed by atoms with Crippen LogP contribution in [-0.2, 0) is 25.0 Å². The number of sulfone groups is 1. The van der Waals surface area contributed by atoms with E-state index in [2.05, 4.69) is 0 Å². The first kappa shape index (κ1) is 33.1. The number of nitrogens with zero attached hydrogens (tertiary/aromatic N) is 1. The summed E-state index contributed by atoms with van der Waals surface area (Å²) in [6.07, 6.45) is -14.3. The van der Waals surface area contributed by atoms with E-state index in [0.29, 0.717) is 6.07 Å². The molecule has 238 valence electrons. The zero-order valence-corrected chi connectivity index (χ0v) is 22.9. The van der Waals surface area contributed by atoms with Crippen LogP contribution >= 0.6 is 0 Å². The number of amides is 1. The lowest BCUT2D eigenvalue weighted by Crippen LogP contribution is -2.51. The Bertz CT molecular complexity index is 1440. The number of benzene rings is 2. The van der Waals surface area contributed by atoms with Gasteiger partial charge in [-0.2, -0.15) is 26.3 Å². The topological polar surface area (TPSA) is 94.9 Å². The van der Waals surface area contributed by atoms with E-state index in [0.717, 1.165) is 29.2 Å². The van der Waals surface area contributed by atoms with E-state index in [1.54, 1.807) is 0 Å². The quantitative estimate of drug-likeness (QED) is 0.253. The molecule has 2 aliphatic rings. The van der Waals surface area contributed by atoms with Crippen molar-refractivity contribution in [2.75, 3.05) is 13.1 Å². The lowest BCUT2D eigenvalue weighted by molar-refractivity contribution is -0.349. The molecule has 1 heterocycles. The van der Waals surface area contributed by atoms with E-state index in [-0.39, 0.29) is 44.4 Å². The predicted molar refractivity (Wildman–Crippen MR) is 131 cm³/mol. The fourth-order valence-electron chi connectivity index (χ4n) is 5.89. The van der Waals surface area contributed by atoms with Gasteiger partial charge in [0, 0.05) is 30.5 Å². The van der Waals surface area contributed by atoms with Gasteiger partial charge in [-0.25, -0.2) is 21.6 Å². The van der Waals surface area contributed by atoms with Gasteiger partial charge in [0.2, 0.25) is 5.91 Å². The van der Waals surface area contributed by atoms with Crippen LogP contribution in [0.5, 0.6) is 0 Å². The van der Waals surface area contributed by atoms with Crippen molar-refractivity contribution in [2.24, 2.45) is 11.8 Å². The molecule has 1 aliphatic heterocycles. The van der Waals surface area contributed by atoms with Crippen molar-refractivity contribution >= 4 is 15.7 Å². The van der Waals surface area contributed by atoms with Crippen LogP contribution in [0.1, 0.15) is 43.2 Å². The summed E-state index contributed by atoms with van der Waals surface area (Å²) in [5, 5.41) is 18.8. The minimum absolute atomic E-state index is 0.0873. The number of aliphatic hydroxyl groups excluding tert-OH is 1. The number of aliphatic hydroxyl groups is 2. The summed E-state index contributed by atoms with van der Waals surface area (Å²) in [7, 11) is -4.74. The maximum absolute atomic E-state index is 15.1. The normalized spacial score (nSPS) is 24.0. The average Bonchev–Trinajstić information content (AvgIpc) is 3.39. The third-order valence-corrected chi connectivity index (χ3v) is 10.9. The minimum atomic E-state index is -6.62. The second-order valence-corrected chi connectivity index (χ2v) is 13.1. The Balaban J connectivity index is 1.78. The standard InChI is InChI=1S/C27H26F9NO5S/c28-18-6-8-19(9-7-18)43(41,42)24(11-12-37(14-24)22(38)15-1-3-16(4-2-15)23(39)40)17-5-10-20(21(29)13-17)25(30,26(31,32)33)27(34,35)36/h5-10,13,15-16,23,39-40H,1-4,11-12,14H2/t15?,16?,24-/m0/s1. The highest BCUT2D eigenvalue weighted by molar-refractivity contribution is 7.92. The highest BCUT2D eigenvalue weighted by Gasteiger charge is 2.74. The molecule has 1 saturated carbocycles. The van der Waals surface area contributed by atoms with Crippen molar-refractivity contribution in [3.63, 3.8) is 0 Å². The van der Waals surface area contributed by atoms with Gasteiger partial charge in [-0.3, -0.25) is 4.79 Å². The SMILES string of the molecule is O=C(C1CCC(C(O)O)CC1)N1CC[C@](c2ccc(C(F)(C(F)(F)F)C(F)(F)F)c(F)c2)(S(=O)(=O)c2ccc(F)cc2)C1. The van der Waals surface area contributed by atoms with Gasteiger partial charge >= 0.3 is 18.0 Å². The molecule has 0 radical (unpaired) electrons. The van der Waals surface area contributed by atoms with Crippen LogP contribution in [-0.4, -0.2) is 61.2 Å². The molecule has 0 unspecified atom stereocenters. The van der Waals surface area contributed by atoms with E-state index < -0.39 is 97.3 Å². The Labute approximate surface area is 240 Å². The van der Waals surface area contributed by atoms with Crippen molar-refractivity contribution in [3.05, 3.63) is 65.2 Å². The number of halogens is 9. The van der Waals surface area contributed by atoms with Gasteiger partial charge in [-0.1, -0.05) is 12.1 Å². The predicted octanol–water partition coefficient (Wildman–Crippen LogP) is 5.27. The summed E-state index contributed by atoms with van der Waals surface area (Å²) in [5.74, 6) is -4.79. The molecule has 2 fully saturated rings. The fraction of sp³-hybridized carbons (Fsp3) is 0.519. The first-order valence-electron chi connectivity index (χ1n) is 13.0. The van der Waals surface area contributed by atoms with Gasteiger partial charge in [0.25, 0.3) is 0 Å². The molecular formula is C27H26F9NO5S. The molecule has 4 rings (SSSR count). The molecule has 2 aromatic rings. The average molecular weight is 648 g/mol. The molecule has 0 aromatic heterocycles. The fourth-order valence-corrected chi connectivity index (χ4v) is 7.95. The van der Waals surface area contributed by atoms with Gasteiger partial charge in [0.1, 0.15) is 16.4 Å². The Morgan fingerprint density at radius 3 is 1.93 bits per heavy atom. The number of carbonyl (C=O) groups excluding carboxylic acids is 1. The van der Waals surface area contributed by atoms with E-state index >= 15 is 4.39 Å². The first-order valence-corrected chi connectivity index (χ1v) is 14.5. The van der Waals surface area contributed by atoms with Crippen LogP contribution in [0.15, 0.2) is 47.4 Å². The lowest BCUT2D eigenvalue weighted by Gasteiger charge is -2.34. The van der Waals surface area contributed by atoms with Gasteiger partial charge in [-0.15, -0.1) is 0 Å². The third-order valence-electron chi connectivity index (χ3n) is 8.37. The first-order chi connectivity index (χ1) is 19.8. The smallest absolute Gasteiger partial charge is 0.368 e. The summed E-state index contributed by atoms with van der Waals surface area (Å²) in [4.78, 5) is 14.0. The largest absolute Gasteiger partial charge is 0.436 e. The maximum atomic E-state index is 15.1. The highest BCUT2D eigenvalue weighted by Crippen LogP contribution is 2.54. The summed E-state index contributed by atoms with van der Waals surface area (Å²) in [5.41, 5.74) is -9.16. The van der Waals surface area contributed by atoms with Crippen molar-refractivity contribution < 1.29 is 62.9 Å². The number of alkyl halides is 7. The van der Waals surface area contributed by atoms with E-state index in [1.807, 2.05) is 0 Å². The minimum Gasteiger partial charge on any atom is -0.368 e. The molecular weight excluding hydrogens is 621 g/mol. The second kappa shape index (κ2) is 11.3. The van der Waals surface area contributed by atoms with Crippen molar-refractivity contribution in [3.8, 4) is 0 Å². The number of likely N-dealkylation sites (tertiary alicyclic amines) is 1. The van der Waals surface area contributed by atoms with Crippen molar-refractivity contribution in [1.82, 2.24) is 4.90 Å². The van der Waals surface area contributed by atoms with Crippen molar-refractivity contribution in [1.29, 1.82) is 0 Å². The second-order valence-electron chi connectivity index (χ2n) is 10.8. The monoisotopic (exact) mass is 647 g/mol. The molecule has 6 nitrogen and oxygen atoms in total. The maximum Gasteiger partial charge on any atom is 0.436 e. The summed E-state index contributed by atoms with van der Waals surface area (Å²) in [6, 6.07) is 3.74. The molecule has 2 N–H and O–H groups in total. The molecule has 0 spiro atoms. The molecule has 1 amide bonds. The van der Waals surface area contributed by atoms with Gasteiger partial charge in [0.15, 0.2) is 16.1 Å². The van der Waals surface area contributed by atoms with Crippen LogP contribution in [0.25, 0.3) is 0 Å². The summed E-state index contributed by atoms with van der Waals surface area (Å²) < 4.78 is 149. The number of hydrogen-bond acceptors (Lipinski definition) is 5. The van der Waals surface area contributed by atoms with Crippen molar-refractivity contribution in [2.45, 2.75) is 66.1 Å². The Morgan fingerprint density at radius 2 is 1.44 bits per heavy atom. The number of rotatable bonds is 6. The molecule has 43 heavy (non-hydrogen) atoms. The van der Waals surface area contributed by atoms with Crippen LogP contribution in [0, 0.1) is 23.5 Å². The van der Waals surface area contributed by atoms with Crippen LogP contribution in [0.3, 0.4) is 0 Å². The highest BCUT2D eigenvalue weighted by atomic mass is 32.2. The van der Waals surface area contributed by atoms with Gasteiger partial charge in [-0.05, 0) is 68.0 Å². The molecule has 2 aromatic carbocycles. The van der Waals surface area contributed by atoms with E-state index in [1.165, 1.54) is 0 Å². The third kappa shape index (κ3) is 5.61.